The molecule has 0 bridgehead atoms. The van der Waals surface area contributed by atoms with E-state index in [-0.39, 0.29) is 0 Å². The highest BCUT2D eigenvalue weighted by Crippen LogP contribution is 2.24. The fourth-order valence-corrected chi connectivity index (χ4v) is 2.21. The van der Waals surface area contributed by atoms with Crippen LogP contribution in [0.15, 0.2) is 48.5 Å². The van der Waals surface area contributed by atoms with Crippen LogP contribution in [0.2, 0.25) is 10.0 Å². The van der Waals surface area contributed by atoms with E-state index in [4.69, 9.17) is 28.9 Å². The fourth-order valence-electron chi connectivity index (χ4n) is 1.96. The molecule has 0 aliphatic rings. The molecular formula is C15H15Cl2N. The first-order valence-corrected chi connectivity index (χ1v) is 6.52. The van der Waals surface area contributed by atoms with Crippen molar-refractivity contribution in [3.8, 4) is 0 Å². The normalized spacial score (nSPS) is 14.2. The van der Waals surface area contributed by atoms with E-state index in [1.807, 2.05) is 55.5 Å². The van der Waals surface area contributed by atoms with E-state index in [0.717, 1.165) is 22.0 Å². The van der Waals surface area contributed by atoms with Crippen LogP contribution in [0.4, 0.5) is 0 Å². The second-order valence-electron chi connectivity index (χ2n) is 4.73. The van der Waals surface area contributed by atoms with Crippen molar-refractivity contribution < 1.29 is 0 Å². The van der Waals surface area contributed by atoms with Crippen molar-refractivity contribution in [2.45, 2.75) is 18.9 Å². The number of rotatable bonds is 3. The molecule has 0 radical (unpaired) electrons. The minimum Gasteiger partial charge on any atom is -0.321 e. The van der Waals surface area contributed by atoms with E-state index >= 15 is 0 Å². The lowest BCUT2D eigenvalue weighted by Gasteiger charge is -2.25. The van der Waals surface area contributed by atoms with E-state index < -0.39 is 5.54 Å². The minimum atomic E-state index is -0.418. The van der Waals surface area contributed by atoms with Gasteiger partial charge in [0.1, 0.15) is 0 Å². The van der Waals surface area contributed by atoms with Crippen molar-refractivity contribution >= 4 is 23.2 Å². The Labute approximate surface area is 118 Å². The summed E-state index contributed by atoms with van der Waals surface area (Å²) in [7, 11) is 0. The molecule has 0 heterocycles. The Morgan fingerprint density at radius 3 is 1.83 bits per heavy atom. The van der Waals surface area contributed by atoms with E-state index in [2.05, 4.69) is 0 Å². The third-order valence-electron chi connectivity index (χ3n) is 2.99. The van der Waals surface area contributed by atoms with E-state index in [0.29, 0.717) is 0 Å². The molecule has 1 nitrogen and oxygen atoms in total. The fraction of sp³-hybridized carbons (Fsp3) is 0.200. The summed E-state index contributed by atoms with van der Waals surface area (Å²) < 4.78 is 0. The Hall–Kier alpha value is -1.02. The van der Waals surface area contributed by atoms with Crippen molar-refractivity contribution in [2.75, 3.05) is 0 Å². The molecule has 0 aliphatic heterocycles. The first-order chi connectivity index (χ1) is 8.47. The highest BCUT2D eigenvalue weighted by molar-refractivity contribution is 6.30. The SMILES string of the molecule is CC(N)(Cc1ccc(Cl)cc1)c1ccc(Cl)cc1. The molecule has 2 N–H and O–H groups in total. The highest BCUT2D eigenvalue weighted by atomic mass is 35.5. The van der Waals surface area contributed by atoms with Gasteiger partial charge in [0.2, 0.25) is 0 Å². The van der Waals surface area contributed by atoms with Crippen LogP contribution in [-0.2, 0) is 12.0 Å². The summed E-state index contributed by atoms with van der Waals surface area (Å²) >= 11 is 11.8. The molecule has 0 saturated carbocycles. The van der Waals surface area contributed by atoms with Crippen LogP contribution in [-0.4, -0.2) is 0 Å². The number of hydrogen-bond donors (Lipinski definition) is 1. The van der Waals surface area contributed by atoms with Gasteiger partial charge in [-0.25, -0.2) is 0 Å². The van der Waals surface area contributed by atoms with E-state index in [9.17, 15) is 0 Å². The molecular weight excluding hydrogens is 265 g/mol. The van der Waals surface area contributed by atoms with Gasteiger partial charge in [0, 0.05) is 15.6 Å². The maximum absolute atomic E-state index is 6.38. The largest absolute Gasteiger partial charge is 0.321 e. The van der Waals surface area contributed by atoms with Gasteiger partial charge in [0.25, 0.3) is 0 Å². The zero-order valence-electron chi connectivity index (χ0n) is 10.2. The third kappa shape index (κ3) is 3.26. The summed E-state index contributed by atoms with van der Waals surface area (Å²) in [5.74, 6) is 0. The Bertz CT molecular complexity index is 515. The first kappa shape index (κ1) is 13.4. The van der Waals surface area contributed by atoms with Gasteiger partial charge in [-0.1, -0.05) is 47.5 Å². The maximum Gasteiger partial charge on any atom is 0.0421 e. The molecule has 3 heteroatoms. The van der Waals surface area contributed by atoms with Crippen molar-refractivity contribution in [3.63, 3.8) is 0 Å². The first-order valence-electron chi connectivity index (χ1n) is 5.77. The molecule has 1 unspecified atom stereocenters. The molecule has 0 spiro atoms. The number of halogens is 2. The lowest BCUT2D eigenvalue weighted by molar-refractivity contribution is 0.491. The monoisotopic (exact) mass is 279 g/mol. The molecule has 2 aromatic rings. The second kappa shape index (κ2) is 5.31. The van der Waals surface area contributed by atoms with Gasteiger partial charge in [0.15, 0.2) is 0 Å². The zero-order chi connectivity index (χ0) is 13.2. The Morgan fingerprint density at radius 1 is 0.889 bits per heavy atom. The summed E-state index contributed by atoms with van der Waals surface area (Å²) in [6.45, 7) is 2.02. The van der Waals surface area contributed by atoms with Crippen molar-refractivity contribution in [3.05, 3.63) is 69.7 Å². The quantitative estimate of drug-likeness (QED) is 0.885. The molecule has 0 aromatic heterocycles. The van der Waals surface area contributed by atoms with Crippen LogP contribution in [0.5, 0.6) is 0 Å². The number of hydrogen-bond acceptors (Lipinski definition) is 1. The van der Waals surface area contributed by atoms with Gasteiger partial charge in [-0.3, -0.25) is 0 Å². The molecule has 0 amide bonds. The molecule has 0 fully saturated rings. The lowest BCUT2D eigenvalue weighted by atomic mass is 9.87. The minimum absolute atomic E-state index is 0.418. The lowest BCUT2D eigenvalue weighted by Crippen LogP contribution is -2.35. The Kier molecular flexibility index (Phi) is 3.96. The van der Waals surface area contributed by atoms with Crippen LogP contribution in [0, 0.1) is 0 Å². The van der Waals surface area contributed by atoms with Crippen molar-refractivity contribution in [1.82, 2.24) is 0 Å². The summed E-state index contributed by atoms with van der Waals surface area (Å²) in [5.41, 5.74) is 8.20. The average molecular weight is 280 g/mol. The zero-order valence-corrected chi connectivity index (χ0v) is 11.7. The predicted molar refractivity (Wildman–Crippen MR) is 78.1 cm³/mol. The van der Waals surface area contributed by atoms with Gasteiger partial charge < -0.3 is 5.73 Å². The topological polar surface area (TPSA) is 26.0 Å². The van der Waals surface area contributed by atoms with E-state index in [1.165, 1.54) is 5.56 Å². The van der Waals surface area contributed by atoms with Crippen LogP contribution >= 0.6 is 23.2 Å². The van der Waals surface area contributed by atoms with E-state index in [1.54, 1.807) is 0 Å². The number of nitrogens with two attached hydrogens (primary N) is 1. The summed E-state index contributed by atoms with van der Waals surface area (Å²) in [5, 5.41) is 1.46. The van der Waals surface area contributed by atoms with Crippen LogP contribution < -0.4 is 5.73 Å². The highest BCUT2D eigenvalue weighted by Gasteiger charge is 2.21. The predicted octanol–water partition coefficient (Wildman–Crippen LogP) is 4.41. The number of benzene rings is 2. The maximum atomic E-state index is 6.38. The van der Waals surface area contributed by atoms with Gasteiger partial charge >= 0.3 is 0 Å². The molecule has 18 heavy (non-hydrogen) atoms. The summed E-state index contributed by atoms with van der Waals surface area (Å²) in [4.78, 5) is 0. The Balaban J connectivity index is 2.20. The molecule has 0 aliphatic carbocycles. The third-order valence-corrected chi connectivity index (χ3v) is 3.49. The van der Waals surface area contributed by atoms with Crippen LogP contribution in [0.3, 0.4) is 0 Å². The molecule has 2 rings (SSSR count). The van der Waals surface area contributed by atoms with Crippen LogP contribution in [0.25, 0.3) is 0 Å². The van der Waals surface area contributed by atoms with Gasteiger partial charge in [-0.05, 0) is 48.7 Å². The molecule has 2 aromatic carbocycles. The van der Waals surface area contributed by atoms with Crippen molar-refractivity contribution in [1.29, 1.82) is 0 Å². The smallest absolute Gasteiger partial charge is 0.0421 e. The second-order valence-corrected chi connectivity index (χ2v) is 5.60. The molecule has 0 saturated heterocycles. The summed E-state index contributed by atoms with van der Waals surface area (Å²) in [6.07, 6.45) is 0.756. The standard InChI is InChI=1S/C15H15Cl2N/c1-15(18,12-4-8-14(17)9-5-12)10-11-2-6-13(16)7-3-11/h2-9H,10,18H2,1H3. The van der Waals surface area contributed by atoms with Crippen LogP contribution in [0.1, 0.15) is 18.1 Å². The van der Waals surface area contributed by atoms with Crippen molar-refractivity contribution in [2.24, 2.45) is 5.73 Å². The van der Waals surface area contributed by atoms with Gasteiger partial charge in [-0.15, -0.1) is 0 Å². The molecule has 1 atom stereocenters. The van der Waals surface area contributed by atoms with Gasteiger partial charge in [-0.2, -0.15) is 0 Å². The summed E-state index contributed by atoms with van der Waals surface area (Å²) in [6, 6.07) is 15.4. The molecule has 94 valence electrons. The Morgan fingerprint density at radius 2 is 1.33 bits per heavy atom. The van der Waals surface area contributed by atoms with Gasteiger partial charge in [0.05, 0.1) is 0 Å². The average Bonchev–Trinajstić information content (AvgIpc) is 2.32.